The molecule has 5 nitrogen and oxygen atoms in total. The summed E-state index contributed by atoms with van der Waals surface area (Å²) in [6.07, 6.45) is 0. The first kappa shape index (κ1) is 15.6. The number of aliphatic carboxylic acids is 1. The number of halogens is 2. The van der Waals surface area contributed by atoms with Crippen molar-refractivity contribution in [3.8, 4) is 0 Å². The SMILES string of the molecule is COCCN(CC(=O)O)C(=O)c1cc(Br)c(Br)s1. The van der Waals surface area contributed by atoms with Crippen molar-refractivity contribution in [2.45, 2.75) is 0 Å². The number of methoxy groups -OCH3 is 1. The van der Waals surface area contributed by atoms with Gasteiger partial charge in [0, 0.05) is 18.1 Å². The highest BCUT2D eigenvalue weighted by atomic mass is 79.9. The van der Waals surface area contributed by atoms with Crippen molar-refractivity contribution < 1.29 is 19.4 Å². The van der Waals surface area contributed by atoms with Crippen LogP contribution in [-0.4, -0.2) is 48.7 Å². The van der Waals surface area contributed by atoms with Crippen molar-refractivity contribution in [2.75, 3.05) is 26.8 Å². The third-order valence-electron chi connectivity index (χ3n) is 2.03. The summed E-state index contributed by atoms with van der Waals surface area (Å²) in [4.78, 5) is 24.6. The number of hydrogen-bond donors (Lipinski definition) is 1. The normalized spacial score (nSPS) is 10.4. The fourth-order valence-electron chi connectivity index (χ4n) is 1.22. The highest BCUT2D eigenvalue weighted by molar-refractivity contribution is 9.13. The number of hydrogen-bond acceptors (Lipinski definition) is 4. The second-order valence-electron chi connectivity index (χ2n) is 3.35. The molecule has 0 fully saturated rings. The standard InChI is InChI=1S/C10H11Br2NO4S/c1-17-3-2-13(5-8(14)15)10(16)7-4-6(11)9(12)18-7/h4H,2-3,5H2,1H3,(H,14,15). The second-order valence-corrected chi connectivity index (χ2v) is 6.57. The van der Waals surface area contributed by atoms with Gasteiger partial charge < -0.3 is 14.7 Å². The summed E-state index contributed by atoms with van der Waals surface area (Å²) in [7, 11) is 1.50. The molecule has 18 heavy (non-hydrogen) atoms. The van der Waals surface area contributed by atoms with Gasteiger partial charge >= 0.3 is 5.97 Å². The Morgan fingerprint density at radius 1 is 1.50 bits per heavy atom. The Labute approximate surface area is 125 Å². The fraction of sp³-hybridized carbons (Fsp3) is 0.400. The molecule has 0 aromatic carbocycles. The van der Waals surface area contributed by atoms with Gasteiger partial charge in [0.05, 0.1) is 15.3 Å². The zero-order valence-corrected chi connectivity index (χ0v) is 13.5. The Bertz CT molecular complexity index is 430. The van der Waals surface area contributed by atoms with Crippen LogP contribution in [0.5, 0.6) is 0 Å². The molecule has 1 aromatic rings. The zero-order chi connectivity index (χ0) is 13.7. The molecular formula is C10H11Br2NO4S. The molecular weight excluding hydrogens is 390 g/mol. The number of carbonyl (C=O) groups is 2. The molecule has 1 aromatic heterocycles. The molecule has 100 valence electrons. The lowest BCUT2D eigenvalue weighted by molar-refractivity contribution is -0.137. The van der Waals surface area contributed by atoms with E-state index in [0.29, 0.717) is 11.5 Å². The molecule has 0 radical (unpaired) electrons. The molecule has 0 bridgehead atoms. The van der Waals surface area contributed by atoms with E-state index in [4.69, 9.17) is 9.84 Å². The minimum Gasteiger partial charge on any atom is -0.480 e. The predicted molar refractivity (Wildman–Crippen MR) is 75.1 cm³/mol. The summed E-state index contributed by atoms with van der Waals surface area (Å²) in [5, 5.41) is 8.79. The summed E-state index contributed by atoms with van der Waals surface area (Å²) in [5.74, 6) is -1.36. The maximum atomic E-state index is 12.1. The van der Waals surface area contributed by atoms with E-state index in [2.05, 4.69) is 31.9 Å². The molecule has 1 N–H and O–H groups in total. The van der Waals surface area contributed by atoms with Gasteiger partial charge in [-0.3, -0.25) is 9.59 Å². The van der Waals surface area contributed by atoms with Crippen molar-refractivity contribution in [1.29, 1.82) is 0 Å². The average Bonchev–Trinajstić information content (AvgIpc) is 2.63. The number of ether oxygens (including phenoxy) is 1. The van der Waals surface area contributed by atoms with Crippen LogP contribution in [0.3, 0.4) is 0 Å². The van der Waals surface area contributed by atoms with Crippen LogP contribution in [0.1, 0.15) is 9.67 Å². The molecule has 0 spiro atoms. The van der Waals surface area contributed by atoms with Crippen LogP contribution >= 0.6 is 43.2 Å². The first-order valence-corrected chi connectivity index (χ1v) is 7.30. The largest absolute Gasteiger partial charge is 0.480 e. The molecule has 1 amide bonds. The van der Waals surface area contributed by atoms with Gasteiger partial charge in [-0.2, -0.15) is 0 Å². The smallest absolute Gasteiger partial charge is 0.323 e. The molecule has 0 aliphatic rings. The van der Waals surface area contributed by atoms with E-state index in [1.54, 1.807) is 6.07 Å². The van der Waals surface area contributed by atoms with Gasteiger partial charge in [0.2, 0.25) is 0 Å². The number of amides is 1. The number of rotatable bonds is 6. The van der Waals surface area contributed by atoms with E-state index < -0.39 is 5.97 Å². The lowest BCUT2D eigenvalue weighted by Crippen LogP contribution is -2.37. The summed E-state index contributed by atoms with van der Waals surface area (Å²) in [6, 6.07) is 1.67. The van der Waals surface area contributed by atoms with Crippen molar-refractivity contribution in [2.24, 2.45) is 0 Å². The van der Waals surface area contributed by atoms with E-state index in [0.717, 1.165) is 8.26 Å². The Kier molecular flexibility index (Phi) is 6.27. The molecule has 0 saturated heterocycles. The van der Waals surface area contributed by atoms with E-state index in [9.17, 15) is 9.59 Å². The lowest BCUT2D eigenvalue weighted by Gasteiger charge is -2.19. The number of thiophene rings is 1. The van der Waals surface area contributed by atoms with Gasteiger partial charge in [-0.25, -0.2) is 0 Å². The number of carboxylic acids is 1. The van der Waals surface area contributed by atoms with Crippen LogP contribution < -0.4 is 0 Å². The highest BCUT2D eigenvalue weighted by Crippen LogP contribution is 2.32. The third kappa shape index (κ3) is 4.34. The summed E-state index contributed by atoms with van der Waals surface area (Å²) in [5.41, 5.74) is 0. The second kappa shape index (κ2) is 7.22. The predicted octanol–water partition coefficient (Wildman–Crippen LogP) is 2.45. The van der Waals surface area contributed by atoms with Crippen molar-refractivity contribution in [3.05, 3.63) is 19.2 Å². The zero-order valence-electron chi connectivity index (χ0n) is 9.48. The van der Waals surface area contributed by atoms with Crippen LogP contribution in [0.25, 0.3) is 0 Å². The average molecular weight is 401 g/mol. The number of carboxylic acid groups (broad SMARTS) is 1. The Hall–Kier alpha value is -0.440. The molecule has 8 heteroatoms. The van der Waals surface area contributed by atoms with Crippen LogP contribution in [0.4, 0.5) is 0 Å². The van der Waals surface area contributed by atoms with Gasteiger partial charge in [0.15, 0.2) is 0 Å². The lowest BCUT2D eigenvalue weighted by atomic mass is 10.3. The molecule has 0 saturated carbocycles. The van der Waals surface area contributed by atoms with Crippen LogP contribution in [-0.2, 0) is 9.53 Å². The van der Waals surface area contributed by atoms with E-state index in [-0.39, 0.29) is 19.0 Å². The van der Waals surface area contributed by atoms with Gasteiger partial charge in [-0.05, 0) is 37.9 Å². The van der Waals surface area contributed by atoms with Gasteiger partial charge in [-0.1, -0.05) is 0 Å². The minimum atomic E-state index is -1.05. The Morgan fingerprint density at radius 3 is 2.61 bits per heavy atom. The molecule has 1 heterocycles. The fourth-order valence-corrected chi connectivity index (χ4v) is 3.23. The quantitative estimate of drug-likeness (QED) is 0.796. The molecule has 0 atom stereocenters. The Balaban J connectivity index is 2.83. The number of carbonyl (C=O) groups excluding carboxylic acids is 1. The maximum Gasteiger partial charge on any atom is 0.323 e. The molecule has 0 unspecified atom stereocenters. The summed E-state index contributed by atoms with van der Waals surface area (Å²) >= 11 is 7.84. The van der Waals surface area contributed by atoms with E-state index >= 15 is 0 Å². The third-order valence-corrected chi connectivity index (χ3v) is 5.28. The van der Waals surface area contributed by atoms with E-state index in [1.165, 1.54) is 23.3 Å². The highest BCUT2D eigenvalue weighted by Gasteiger charge is 2.21. The van der Waals surface area contributed by atoms with Crippen LogP contribution in [0, 0.1) is 0 Å². The van der Waals surface area contributed by atoms with Crippen molar-refractivity contribution in [1.82, 2.24) is 4.90 Å². The first-order valence-electron chi connectivity index (χ1n) is 4.90. The summed E-state index contributed by atoms with van der Waals surface area (Å²) < 4.78 is 6.44. The maximum absolute atomic E-state index is 12.1. The first-order chi connectivity index (χ1) is 8.45. The van der Waals surface area contributed by atoms with Crippen molar-refractivity contribution >= 4 is 55.1 Å². The monoisotopic (exact) mass is 399 g/mol. The summed E-state index contributed by atoms with van der Waals surface area (Å²) in [6.45, 7) is 0.205. The van der Waals surface area contributed by atoms with Gasteiger partial charge in [-0.15, -0.1) is 11.3 Å². The molecule has 0 aliphatic heterocycles. The molecule has 1 rings (SSSR count). The molecule has 0 aliphatic carbocycles. The van der Waals surface area contributed by atoms with E-state index in [1.807, 2.05) is 0 Å². The van der Waals surface area contributed by atoms with Crippen LogP contribution in [0.2, 0.25) is 0 Å². The number of nitrogens with zero attached hydrogens (tertiary/aromatic N) is 1. The van der Waals surface area contributed by atoms with Gasteiger partial charge in [0.25, 0.3) is 5.91 Å². The van der Waals surface area contributed by atoms with Gasteiger partial charge in [0.1, 0.15) is 6.54 Å². The Morgan fingerprint density at radius 2 is 2.17 bits per heavy atom. The topological polar surface area (TPSA) is 66.8 Å². The van der Waals surface area contributed by atoms with Crippen LogP contribution in [0.15, 0.2) is 14.3 Å². The minimum absolute atomic E-state index is 0.245. The van der Waals surface area contributed by atoms with Crippen molar-refractivity contribution in [3.63, 3.8) is 0 Å².